The van der Waals surface area contributed by atoms with E-state index < -0.39 is 4.92 Å². The fraction of sp³-hybridized carbons (Fsp3) is 0.476. The molecule has 1 aliphatic heterocycles. The van der Waals surface area contributed by atoms with Crippen LogP contribution in [0.3, 0.4) is 0 Å². The second-order valence-corrected chi connectivity index (χ2v) is 10.4. The fourth-order valence-corrected chi connectivity index (χ4v) is 5.55. The van der Waals surface area contributed by atoms with Crippen LogP contribution in [-0.2, 0) is 0 Å². The van der Waals surface area contributed by atoms with Crippen molar-refractivity contribution < 1.29 is 4.92 Å². The number of nitrogens with one attached hydrogen (secondary N) is 3. The standard InChI is InChI=1S/C21H27N7O2S/c1-12-7-6-8-14-15(12)25-19(31-14)26-18-16(28(29)30)17(22-11-23-18)24-13-9-20(2,3)27-21(4,5)10-13/h6-8,11,13,27H,9-10H2,1-5H3,(H2,22,23,24,25,26). The molecule has 9 nitrogen and oxygen atoms in total. The number of piperidine rings is 1. The summed E-state index contributed by atoms with van der Waals surface area (Å²) in [6, 6.07) is 5.98. The molecule has 2 aromatic heterocycles. The van der Waals surface area contributed by atoms with Crippen molar-refractivity contribution in [3.63, 3.8) is 0 Å². The van der Waals surface area contributed by atoms with Crippen molar-refractivity contribution in [3.05, 3.63) is 40.2 Å². The van der Waals surface area contributed by atoms with Gasteiger partial charge in [-0.15, -0.1) is 0 Å². The number of para-hydroxylation sites is 1. The van der Waals surface area contributed by atoms with E-state index in [0.29, 0.717) is 5.13 Å². The van der Waals surface area contributed by atoms with Crippen LogP contribution >= 0.6 is 11.3 Å². The molecule has 1 aliphatic rings. The number of anilines is 3. The summed E-state index contributed by atoms with van der Waals surface area (Å²) in [6.45, 7) is 10.5. The van der Waals surface area contributed by atoms with Gasteiger partial charge in [-0.2, -0.15) is 0 Å². The van der Waals surface area contributed by atoms with E-state index in [4.69, 9.17) is 0 Å². The van der Waals surface area contributed by atoms with Gasteiger partial charge in [0.1, 0.15) is 6.33 Å². The molecular weight excluding hydrogens is 414 g/mol. The summed E-state index contributed by atoms with van der Waals surface area (Å²) in [7, 11) is 0. The first-order valence-corrected chi connectivity index (χ1v) is 11.0. The summed E-state index contributed by atoms with van der Waals surface area (Å²) < 4.78 is 1.01. The first-order chi connectivity index (χ1) is 14.5. The molecule has 0 atom stereocenters. The highest BCUT2D eigenvalue weighted by Crippen LogP contribution is 2.37. The third-order valence-corrected chi connectivity index (χ3v) is 6.32. The highest BCUT2D eigenvalue weighted by atomic mass is 32.1. The first-order valence-electron chi connectivity index (χ1n) is 10.2. The van der Waals surface area contributed by atoms with Crippen LogP contribution in [0.15, 0.2) is 24.5 Å². The van der Waals surface area contributed by atoms with E-state index in [0.717, 1.165) is 28.6 Å². The summed E-state index contributed by atoms with van der Waals surface area (Å²) in [5.41, 5.74) is 1.57. The maximum atomic E-state index is 12.0. The molecule has 1 aromatic carbocycles. The van der Waals surface area contributed by atoms with Crippen molar-refractivity contribution in [1.29, 1.82) is 0 Å². The van der Waals surface area contributed by atoms with E-state index in [1.807, 2.05) is 25.1 Å². The van der Waals surface area contributed by atoms with Gasteiger partial charge in [0.05, 0.1) is 15.1 Å². The highest BCUT2D eigenvalue weighted by Gasteiger charge is 2.38. The molecule has 0 saturated carbocycles. The Morgan fingerprint density at radius 3 is 2.48 bits per heavy atom. The average Bonchev–Trinajstić information content (AvgIpc) is 3.03. The molecular formula is C21H27N7O2S. The van der Waals surface area contributed by atoms with Gasteiger partial charge in [0.2, 0.25) is 11.6 Å². The number of nitro groups is 1. The van der Waals surface area contributed by atoms with E-state index in [-0.39, 0.29) is 34.4 Å². The number of aryl methyl sites for hydroxylation is 1. The molecule has 3 N–H and O–H groups in total. The van der Waals surface area contributed by atoms with Gasteiger partial charge in [0.15, 0.2) is 5.13 Å². The minimum absolute atomic E-state index is 0.0396. The van der Waals surface area contributed by atoms with Crippen molar-refractivity contribution in [3.8, 4) is 0 Å². The minimum atomic E-state index is -0.444. The molecule has 1 fully saturated rings. The minimum Gasteiger partial charge on any atom is -0.361 e. The van der Waals surface area contributed by atoms with Crippen LogP contribution in [0.25, 0.3) is 10.2 Å². The van der Waals surface area contributed by atoms with Crippen LogP contribution in [0.5, 0.6) is 0 Å². The van der Waals surface area contributed by atoms with E-state index in [2.05, 4.69) is 58.6 Å². The molecule has 164 valence electrons. The number of aromatic nitrogens is 3. The third-order valence-electron chi connectivity index (χ3n) is 5.38. The quantitative estimate of drug-likeness (QED) is 0.383. The predicted molar refractivity (Wildman–Crippen MR) is 124 cm³/mol. The second kappa shape index (κ2) is 7.69. The molecule has 0 amide bonds. The van der Waals surface area contributed by atoms with Crippen LogP contribution < -0.4 is 16.0 Å². The fourth-order valence-electron chi connectivity index (χ4n) is 4.61. The maximum Gasteiger partial charge on any atom is 0.353 e. The summed E-state index contributed by atoms with van der Waals surface area (Å²) in [4.78, 5) is 24.5. The molecule has 3 heterocycles. The molecule has 1 saturated heterocycles. The number of hydrogen-bond donors (Lipinski definition) is 3. The van der Waals surface area contributed by atoms with Gasteiger partial charge < -0.3 is 16.0 Å². The number of nitrogens with zero attached hydrogens (tertiary/aromatic N) is 4. The topological polar surface area (TPSA) is 118 Å². The number of thiazole rings is 1. The zero-order chi connectivity index (χ0) is 22.4. The lowest BCUT2D eigenvalue weighted by Crippen LogP contribution is -2.60. The molecule has 0 radical (unpaired) electrons. The lowest BCUT2D eigenvalue weighted by molar-refractivity contribution is -0.383. The largest absolute Gasteiger partial charge is 0.361 e. The van der Waals surface area contributed by atoms with E-state index in [9.17, 15) is 10.1 Å². The Labute approximate surface area is 184 Å². The molecule has 0 spiro atoms. The second-order valence-electron chi connectivity index (χ2n) is 9.38. The van der Waals surface area contributed by atoms with Gasteiger partial charge in [-0.25, -0.2) is 15.0 Å². The number of fused-ring (bicyclic) bond motifs is 1. The van der Waals surface area contributed by atoms with Gasteiger partial charge in [0, 0.05) is 17.1 Å². The van der Waals surface area contributed by atoms with E-state index in [1.54, 1.807) is 0 Å². The van der Waals surface area contributed by atoms with Gasteiger partial charge in [0.25, 0.3) is 0 Å². The summed E-state index contributed by atoms with van der Waals surface area (Å²) in [6.07, 6.45) is 2.97. The van der Waals surface area contributed by atoms with Gasteiger partial charge in [-0.1, -0.05) is 23.5 Å². The van der Waals surface area contributed by atoms with E-state index in [1.165, 1.54) is 17.7 Å². The Hall–Kier alpha value is -2.85. The predicted octanol–water partition coefficient (Wildman–Crippen LogP) is 4.77. The van der Waals surface area contributed by atoms with Crippen LogP contribution in [0.4, 0.5) is 22.5 Å². The van der Waals surface area contributed by atoms with Crippen molar-refractivity contribution in [2.45, 2.75) is 64.6 Å². The molecule has 0 unspecified atom stereocenters. The lowest BCUT2D eigenvalue weighted by atomic mass is 9.79. The van der Waals surface area contributed by atoms with Crippen molar-refractivity contribution in [2.24, 2.45) is 0 Å². The number of rotatable bonds is 5. The summed E-state index contributed by atoms with van der Waals surface area (Å²) >= 11 is 1.43. The number of benzene rings is 1. The molecule has 31 heavy (non-hydrogen) atoms. The van der Waals surface area contributed by atoms with Crippen LogP contribution in [0, 0.1) is 17.0 Å². The van der Waals surface area contributed by atoms with Crippen LogP contribution in [0.2, 0.25) is 0 Å². The average molecular weight is 442 g/mol. The summed E-state index contributed by atoms with van der Waals surface area (Å²) in [5.74, 6) is 0.352. The Morgan fingerprint density at radius 1 is 1.16 bits per heavy atom. The zero-order valence-electron chi connectivity index (χ0n) is 18.3. The Morgan fingerprint density at radius 2 is 1.84 bits per heavy atom. The Bertz CT molecular complexity index is 1130. The van der Waals surface area contributed by atoms with Gasteiger partial charge in [-0.3, -0.25) is 10.1 Å². The zero-order valence-corrected chi connectivity index (χ0v) is 19.1. The lowest BCUT2D eigenvalue weighted by Gasteiger charge is -2.46. The monoisotopic (exact) mass is 441 g/mol. The Balaban J connectivity index is 1.65. The van der Waals surface area contributed by atoms with Crippen LogP contribution in [-0.4, -0.2) is 37.0 Å². The van der Waals surface area contributed by atoms with E-state index >= 15 is 0 Å². The van der Waals surface area contributed by atoms with Gasteiger partial charge >= 0.3 is 5.69 Å². The summed E-state index contributed by atoms with van der Waals surface area (Å²) in [5, 5.41) is 22.5. The number of hydrogen-bond acceptors (Lipinski definition) is 9. The molecule has 10 heteroatoms. The maximum absolute atomic E-state index is 12.0. The normalized spacial score (nSPS) is 18.1. The van der Waals surface area contributed by atoms with Gasteiger partial charge in [-0.05, 0) is 59.1 Å². The first kappa shape index (κ1) is 21.4. The molecule has 3 aromatic rings. The SMILES string of the molecule is Cc1cccc2sc(Nc3ncnc(NC4CC(C)(C)NC(C)(C)C4)c3[N+](=O)[O-])nc12. The third kappa shape index (κ3) is 4.59. The van der Waals surface area contributed by atoms with Crippen molar-refractivity contribution >= 4 is 44.0 Å². The molecule has 0 bridgehead atoms. The van der Waals surface area contributed by atoms with Crippen LogP contribution in [0.1, 0.15) is 46.1 Å². The highest BCUT2D eigenvalue weighted by molar-refractivity contribution is 7.22. The Kier molecular flexibility index (Phi) is 5.30. The molecule has 0 aliphatic carbocycles. The molecule has 4 rings (SSSR count). The van der Waals surface area contributed by atoms with Crippen molar-refractivity contribution in [1.82, 2.24) is 20.3 Å². The van der Waals surface area contributed by atoms with Crippen molar-refractivity contribution in [2.75, 3.05) is 10.6 Å². The smallest absolute Gasteiger partial charge is 0.353 e.